The maximum absolute atomic E-state index is 13.4. The van der Waals surface area contributed by atoms with Crippen LogP contribution in [0.15, 0.2) is 83.8 Å². The van der Waals surface area contributed by atoms with Crippen LogP contribution in [0.4, 0.5) is 0 Å². The molecular weight excluding hydrogens is 430 g/mol. The molecule has 2 N–H and O–H groups in total. The van der Waals surface area contributed by atoms with E-state index in [4.69, 9.17) is 14.5 Å². The highest BCUT2D eigenvalue weighted by molar-refractivity contribution is 5.62. The molecule has 3 aliphatic rings. The summed E-state index contributed by atoms with van der Waals surface area (Å²) in [5.41, 5.74) is 4.63. The van der Waals surface area contributed by atoms with Crippen molar-refractivity contribution in [1.82, 2.24) is 14.5 Å². The molecule has 7 nitrogen and oxygen atoms in total. The van der Waals surface area contributed by atoms with Crippen molar-refractivity contribution in [2.75, 3.05) is 6.79 Å². The Morgan fingerprint density at radius 1 is 0.912 bits per heavy atom. The Kier molecular flexibility index (Phi) is 4.80. The van der Waals surface area contributed by atoms with E-state index < -0.39 is 0 Å². The Morgan fingerprint density at radius 2 is 1.76 bits per heavy atom. The number of aromatic nitrogens is 3. The maximum atomic E-state index is 13.4. The van der Waals surface area contributed by atoms with Gasteiger partial charge in [0, 0.05) is 24.6 Å². The van der Waals surface area contributed by atoms with Crippen molar-refractivity contribution < 1.29 is 14.6 Å². The second-order valence-corrected chi connectivity index (χ2v) is 8.28. The van der Waals surface area contributed by atoms with Gasteiger partial charge >= 0.3 is 0 Å². The van der Waals surface area contributed by atoms with Crippen molar-refractivity contribution in [3.05, 3.63) is 112 Å². The third-order valence-electron chi connectivity index (χ3n) is 5.94. The van der Waals surface area contributed by atoms with Gasteiger partial charge in [0.15, 0.2) is 17.3 Å². The van der Waals surface area contributed by atoms with Crippen LogP contribution < -0.4 is 15.0 Å². The third-order valence-corrected chi connectivity index (χ3v) is 5.94. The summed E-state index contributed by atoms with van der Waals surface area (Å²) >= 11 is 0. The second kappa shape index (κ2) is 8.12. The van der Waals surface area contributed by atoms with Gasteiger partial charge < -0.3 is 19.6 Å². The number of rotatable bonds is 5. The van der Waals surface area contributed by atoms with Crippen molar-refractivity contribution in [1.29, 1.82) is 0 Å². The molecule has 3 aromatic carbocycles. The van der Waals surface area contributed by atoms with Crippen LogP contribution >= 0.6 is 0 Å². The number of ether oxygens (including phenoxy) is 2. The lowest BCUT2D eigenvalue weighted by molar-refractivity contribution is 0.174. The fraction of sp³-hybridized carbons (Fsp3) is 0.111. The summed E-state index contributed by atoms with van der Waals surface area (Å²) in [6.07, 6.45) is 2.71. The Morgan fingerprint density at radius 3 is 2.62 bits per heavy atom. The highest BCUT2D eigenvalue weighted by Gasteiger charge is 2.21. The molecule has 0 radical (unpaired) electrons. The summed E-state index contributed by atoms with van der Waals surface area (Å²) < 4.78 is 12.5. The van der Waals surface area contributed by atoms with Gasteiger partial charge in [-0.3, -0.25) is 9.36 Å². The number of phenols is 1. The molecule has 0 aliphatic carbocycles. The quantitative estimate of drug-likeness (QED) is 0.416. The first-order valence-corrected chi connectivity index (χ1v) is 11.0. The molecule has 34 heavy (non-hydrogen) atoms. The van der Waals surface area contributed by atoms with Gasteiger partial charge in [-0.2, -0.15) is 0 Å². The van der Waals surface area contributed by atoms with Crippen molar-refractivity contribution in [2.24, 2.45) is 0 Å². The van der Waals surface area contributed by atoms with Crippen molar-refractivity contribution in [3.63, 3.8) is 0 Å². The normalized spacial score (nSPS) is 12.4. The molecule has 6 rings (SSSR count). The number of nitrogens with zero attached hydrogens (tertiary/aromatic N) is 2. The molecule has 7 heteroatoms. The van der Waals surface area contributed by atoms with Gasteiger partial charge in [0.1, 0.15) is 11.4 Å². The predicted molar refractivity (Wildman–Crippen MR) is 127 cm³/mol. The number of H-pyrrole nitrogens is 1. The largest absolute Gasteiger partial charge is 0.508 e. The summed E-state index contributed by atoms with van der Waals surface area (Å²) in [6.45, 7) is 0.205. The molecule has 0 saturated carbocycles. The van der Waals surface area contributed by atoms with Gasteiger partial charge in [-0.1, -0.05) is 48.5 Å². The lowest BCUT2D eigenvalue weighted by atomic mass is 10.1. The fourth-order valence-electron chi connectivity index (χ4n) is 4.28. The molecule has 0 aromatic heterocycles. The summed E-state index contributed by atoms with van der Waals surface area (Å²) in [6, 6.07) is 22.6. The van der Waals surface area contributed by atoms with Crippen molar-refractivity contribution >= 4 is 0 Å². The van der Waals surface area contributed by atoms with Crippen LogP contribution in [0.5, 0.6) is 17.2 Å². The summed E-state index contributed by atoms with van der Waals surface area (Å²) in [4.78, 5) is 21.6. The number of fused-ring (bicyclic) bond motifs is 2. The molecular formula is C27H21N3O4. The molecule has 3 aliphatic heterocycles. The molecule has 0 saturated heterocycles. The SMILES string of the molecule is O=c1c(Cc2ccc3c(c2)OCO3)nc2c(Cc3ccccc3)[nH]c(-c3cccc(O)c3)cn1-2. The number of imidazole rings is 1. The first kappa shape index (κ1) is 20.1. The molecule has 0 spiro atoms. The number of hydrogen-bond acceptors (Lipinski definition) is 5. The highest BCUT2D eigenvalue weighted by atomic mass is 16.7. The average Bonchev–Trinajstić information content (AvgIpc) is 3.44. The topological polar surface area (TPSA) is 89.4 Å². The van der Waals surface area contributed by atoms with Gasteiger partial charge in [-0.05, 0) is 35.4 Å². The number of aromatic amines is 1. The lowest BCUT2D eigenvalue weighted by Gasteiger charge is -2.13. The molecule has 3 heterocycles. The van der Waals surface area contributed by atoms with Crippen LogP contribution in [0.1, 0.15) is 22.5 Å². The van der Waals surface area contributed by atoms with Crippen LogP contribution in [0.2, 0.25) is 0 Å². The molecule has 168 valence electrons. The van der Waals surface area contributed by atoms with Crippen LogP contribution in [0, 0.1) is 0 Å². The highest BCUT2D eigenvalue weighted by Crippen LogP contribution is 2.33. The third kappa shape index (κ3) is 3.67. The Labute approximate surface area is 195 Å². The lowest BCUT2D eigenvalue weighted by Crippen LogP contribution is -2.17. The minimum atomic E-state index is -0.169. The zero-order chi connectivity index (χ0) is 23.1. The fourth-order valence-corrected chi connectivity index (χ4v) is 4.28. The van der Waals surface area contributed by atoms with E-state index in [0.29, 0.717) is 35.9 Å². The molecule has 0 fully saturated rings. The van der Waals surface area contributed by atoms with E-state index in [1.165, 1.54) is 0 Å². The first-order valence-electron chi connectivity index (χ1n) is 11.0. The van der Waals surface area contributed by atoms with Gasteiger partial charge in [-0.15, -0.1) is 0 Å². The van der Waals surface area contributed by atoms with E-state index in [2.05, 4.69) is 4.98 Å². The van der Waals surface area contributed by atoms with Gasteiger partial charge in [0.25, 0.3) is 5.56 Å². The van der Waals surface area contributed by atoms with E-state index in [9.17, 15) is 9.90 Å². The first-order chi connectivity index (χ1) is 16.6. The summed E-state index contributed by atoms with van der Waals surface area (Å²) in [5, 5.41) is 9.97. The van der Waals surface area contributed by atoms with E-state index in [1.54, 1.807) is 29.0 Å². The van der Waals surface area contributed by atoms with Crippen molar-refractivity contribution in [3.8, 4) is 34.3 Å². The van der Waals surface area contributed by atoms with E-state index in [-0.39, 0.29) is 18.1 Å². The monoisotopic (exact) mass is 451 g/mol. The van der Waals surface area contributed by atoms with E-state index in [0.717, 1.165) is 28.1 Å². The predicted octanol–water partition coefficient (Wildman–Crippen LogP) is 4.28. The van der Waals surface area contributed by atoms with Crippen molar-refractivity contribution in [2.45, 2.75) is 12.8 Å². The minimum absolute atomic E-state index is 0.159. The second-order valence-electron chi connectivity index (χ2n) is 8.28. The molecule has 0 bridgehead atoms. The Bertz CT molecular complexity index is 1520. The number of benzene rings is 3. The Hall–Kier alpha value is -4.52. The van der Waals surface area contributed by atoms with Crippen LogP contribution in [0.25, 0.3) is 17.1 Å². The van der Waals surface area contributed by atoms with Crippen LogP contribution in [-0.4, -0.2) is 26.4 Å². The Balaban J connectivity index is 1.46. The number of nitrogens with one attached hydrogen (secondary N) is 1. The maximum Gasteiger partial charge on any atom is 0.278 e. The molecule has 3 aromatic rings. The number of hydrogen-bond donors (Lipinski definition) is 2. The van der Waals surface area contributed by atoms with Crippen LogP contribution in [0.3, 0.4) is 0 Å². The average molecular weight is 451 g/mol. The zero-order valence-electron chi connectivity index (χ0n) is 18.2. The molecule has 0 amide bonds. The number of phenolic OH excluding ortho intramolecular Hbond substituents is 1. The minimum Gasteiger partial charge on any atom is -0.508 e. The summed E-state index contributed by atoms with van der Waals surface area (Å²) in [7, 11) is 0. The summed E-state index contributed by atoms with van der Waals surface area (Å²) in [5.74, 6) is 2.13. The zero-order valence-corrected chi connectivity index (χ0v) is 18.2. The number of aromatic hydroxyl groups is 1. The van der Waals surface area contributed by atoms with Crippen LogP contribution in [-0.2, 0) is 12.8 Å². The smallest absolute Gasteiger partial charge is 0.278 e. The van der Waals surface area contributed by atoms with Gasteiger partial charge in [0.05, 0.1) is 11.4 Å². The standard InChI is InChI=1S/C27H21N3O4/c31-20-8-4-7-19(14-20)23-15-30-26(21(28-23)11-17-5-2-1-3-6-17)29-22(27(30)32)12-18-9-10-24-25(13-18)34-16-33-24/h1-10,13-15,28,31H,11-12,16H2. The van der Waals surface area contributed by atoms with E-state index in [1.807, 2.05) is 54.6 Å². The van der Waals surface area contributed by atoms with Gasteiger partial charge in [0.2, 0.25) is 6.79 Å². The van der Waals surface area contributed by atoms with E-state index >= 15 is 0 Å². The van der Waals surface area contributed by atoms with Gasteiger partial charge in [-0.25, -0.2) is 4.98 Å². The molecule has 0 unspecified atom stereocenters. The molecule has 0 atom stereocenters.